The van der Waals surface area contributed by atoms with Crippen LogP contribution in [0.4, 0.5) is 5.82 Å². The number of carbonyl (C=O) groups is 2. The Bertz CT molecular complexity index is 1100. The number of nitrogens with one attached hydrogen (secondary N) is 1. The highest BCUT2D eigenvalue weighted by Crippen LogP contribution is 2.27. The first kappa shape index (κ1) is 24.2. The van der Waals surface area contributed by atoms with Crippen LogP contribution < -0.4 is 5.32 Å². The second-order valence-corrected chi connectivity index (χ2v) is 9.14. The van der Waals surface area contributed by atoms with Gasteiger partial charge in [-0.3, -0.25) is 9.59 Å². The molecule has 2 amide bonds. The van der Waals surface area contributed by atoms with Crippen LogP contribution in [0.3, 0.4) is 0 Å². The summed E-state index contributed by atoms with van der Waals surface area (Å²) in [6, 6.07) is 19.4. The normalized spacial score (nSPS) is 11.3. The van der Waals surface area contributed by atoms with E-state index in [1.807, 2.05) is 67.6 Å². The zero-order chi connectivity index (χ0) is 24.0. The largest absolute Gasteiger partial charge is 0.367 e. The summed E-state index contributed by atoms with van der Waals surface area (Å²) in [6.07, 6.45) is 0. The van der Waals surface area contributed by atoms with Crippen molar-refractivity contribution in [3.63, 3.8) is 0 Å². The first-order valence-corrected chi connectivity index (χ1v) is 11.0. The second kappa shape index (κ2) is 10.4. The molecule has 0 atom stereocenters. The monoisotopic (exact) mass is 448 g/mol. The quantitative estimate of drug-likeness (QED) is 0.563. The average Bonchev–Trinajstić information content (AvgIpc) is 3.18. The highest BCUT2D eigenvalue weighted by atomic mass is 16.5. The minimum absolute atomic E-state index is 0.0860. The van der Waals surface area contributed by atoms with Crippen LogP contribution >= 0.6 is 0 Å². The highest BCUT2D eigenvalue weighted by molar-refractivity contribution is 5.94. The summed E-state index contributed by atoms with van der Waals surface area (Å²) in [6.45, 7) is 8.39. The van der Waals surface area contributed by atoms with Gasteiger partial charge >= 0.3 is 0 Å². The second-order valence-electron chi connectivity index (χ2n) is 9.14. The smallest absolute Gasteiger partial charge is 0.248 e. The molecular formula is C26H32N4O3. The van der Waals surface area contributed by atoms with Crippen molar-refractivity contribution in [3.05, 3.63) is 77.5 Å². The maximum atomic E-state index is 12.8. The number of benzene rings is 2. The number of ether oxygens (including phenoxy) is 1. The van der Waals surface area contributed by atoms with Gasteiger partial charge < -0.3 is 15.0 Å². The third kappa shape index (κ3) is 6.52. The molecule has 2 aromatic carbocycles. The highest BCUT2D eigenvalue weighted by Gasteiger charge is 2.22. The van der Waals surface area contributed by atoms with Crippen molar-refractivity contribution in [2.45, 2.75) is 39.7 Å². The lowest BCUT2D eigenvalue weighted by Crippen LogP contribution is -2.37. The van der Waals surface area contributed by atoms with E-state index in [4.69, 9.17) is 9.84 Å². The third-order valence-corrected chi connectivity index (χ3v) is 5.23. The van der Waals surface area contributed by atoms with E-state index in [2.05, 4.69) is 26.1 Å². The number of amides is 2. The summed E-state index contributed by atoms with van der Waals surface area (Å²) in [5.74, 6) is 0.00776. The minimum atomic E-state index is -0.302. The van der Waals surface area contributed by atoms with Crippen LogP contribution in [0.2, 0.25) is 0 Å². The lowest BCUT2D eigenvalue weighted by atomic mass is 9.92. The molecule has 1 N–H and O–H groups in total. The Morgan fingerprint density at radius 2 is 1.73 bits per heavy atom. The lowest BCUT2D eigenvalue weighted by Gasteiger charge is -2.17. The van der Waals surface area contributed by atoms with Gasteiger partial charge in [0.1, 0.15) is 12.4 Å². The zero-order valence-electron chi connectivity index (χ0n) is 20.0. The summed E-state index contributed by atoms with van der Waals surface area (Å²) in [4.78, 5) is 26.5. The van der Waals surface area contributed by atoms with Gasteiger partial charge in [0.2, 0.25) is 11.8 Å². The number of hydrogen-bond donors (Lipinski definition) is 1. The Morgan fingerprint density at radius 1 is 1.06 bits per heavy atom. The van der Waals surface area contributed by atoms with Gasteiger partial charge in [-0.05, 0) is 24.1 Å². The first-order valence-electron chi connectivity index (χ1n) is 11.0. The summed E-state index contributed by atoms with van der Waals surface area (Å²) < 4.78 is 7.24. The molecular weight excluding hydrogens is 416 g/mol. The number of nitrogens with zero attached hydrogens (tertiary/aromatic N) is 3. The fraction of sp³-hybridized carbons (Fsp3) is 0.346. The van der Waals surface area contributed by atoms with Gasteiger partial charge in [-0.25, -0.2) is 4.68 Å². The van der Waals surface area contributed by atoms with Crippen molar-refractivity contribution >= 4 is 17.6 Å². The third-order valence-electron chi connectivity index (χ3n) is 5.23. The van der Waals surface area contributed by atoms with Crippen molar-refractivity contribution < 1.29 is 14.3 Å². The van der Waals surface area contributed by atoms with Crippen LogP contribution in [0, 0.1) is 6.92 Å². The van der Waals surface area contributed by atoms with Gasteiger partial charge in [0.25, 0.3) is 0 Å². The van der Waals surface area contributed by atoms with E-state index in [1.165, 1.54) is 4.90 Å². The van der Waals surface area contributed by atoms with Crippen molar-refractivity contribution in [2.24, 2.45) is 0 Å². The molecule has 3 rings (SSSR count). The molecule has 0 unspecified atom stereocenters. The molecule has 0 aliphatic carbocycles. The van der Waals surface area contributed by atoms with Gasteiger partial charge in [0.15, 0.2) is 0 Å². The van der Waals surface area contributed by atoms with Gasteiger partial charge in [0, 0.05) is 18.5 Å². The molecule has 0 aliphatic rings. The zero-order valence-corrected chi connectivity index (χ0v) is 20.0. The maximum Gasteiger partial charge on any atom is 0.248 e. The molecule has 0 saturated carbocycles. The van der Waals surface area contributed by atoms with E-state index in [0.29, 0.717) is 12.4 Å². The fourth-order valence-corrected chi connectivity index (χ4v) is 3.25. The number of carbonyl (C=O) groups excluding carboxylic acids is 2. The Labute approximate surface area is 195 Å². The van der Waals surface area contributed by atoms with Gasteiger partial charge in [-0.1, -0.05) is 69.3 Å². The number of likely N-dealkylation sites (N-methyl/N-ethyl adjacent to an activating group) is 1. The first-order chi connectivity index (χ1) is 15.6. The summed E-state index contributed by atoms with van der Waals surface area (Å²) >= 11 is 0. The van der Waals surface area contributed by atoms with Gasteiger partial charge in [-0.2, -0.15) is 5.10 Å². The predicted molar refractivity (Wildman–Crippen MR) is 129 cm³/mol. The molecule has 3 aromatic rings. The van der Waals surface area contributed by atoms with Crippen LogP contribution in [-0.2, 0) is 26.3 Å². The van der Waals surface area contributed by atoms with Crippen molar-refractivity contribution in [3.8, 4) is 5.69 Å². The molecule has 7 nitrogen and oxygen atoms in total. The molecule has 0 saturated heterocycles. The van der Waals surface area contributed by atoms with Gasteiger partial charge in [-0.15, -0.1) is 0 Å². The van der Waals surface area contributed by atoms with Crippen LogP contribution in [0.25, 0.3) is 5.69 Å². The number of hydrogen-bond acceptors (Lipinski definition) is 4. The SMILES string of the molecule is Cc1ccccc1-n1nc(C(C)(C)C)cc1NC(=O)CN(C)C(=O)COCc1ccccc1. The van der Waals surface area contributed by atoms with Crippen LogP contribution in [0.5, 0.6) is 0 Å². The molecule has 0 radical (unpaired) electrons. The topological polar surface area (TPSA) is 76.5 Å². The van der Waals surface area contributed by atoms with E-state index in [0.717, 1.165) is 22.5 Å². The number of anilines is 1. The summed E-state index contributed by atoms with van der Waals surface area (Å²) in [5, 5.41) is 7.67. The van der Waals surface area contributed by atoms with Crippen LogP contribution in [0.15, 0.2) is 60.7 Å². The Balaban J connectivity index is 1.65. The standard InChI is InChI=1S/C26H32N4O3/c1-19-11-9-10-14-21(19)30-23(15-22(28-30)26(2,3)4)27-24(31)16-29(5)25(32)18-33-17-20-12-7-6-8-13-20/h6-15H,16-18H2,1-5H3,(H,27,31). The lowest BCUT2D eigenvalue weighted by molar-refractivity contribution is -0.137. The van der Waals surface area contributed by atoms with E-state index in [9.17, 15) is 9.59 Å². The maximum absolute atomic E-state index is 12.8. The van der Waals surface area contributed by atoms with E-state index < -0.39 is 0 Å². The molecule has 7 heteroatoms. The molecule has 174 valence electrons. The number of para-hydroxylation sites is 1. The molecule has 1 aromatic heterocycles. The number of aromatic nitrogens is 2. The summed E-state index contributed by atoms with van der Waals surface area (Å²) in [5.41, 5.74) is 3.60. The Kier molecular flexibility index (Phi) is 7.66. The van der Waals surface area contributed by atoms with E-state index in [-0.39, 0.29) is 30.4 Å². The van der Waals surface area contributed by atoms with Crippen LogP contribution in [-0.4, -0.2) is 46.7 Å². The van der Waals surface area contributed by atoms with Crippen molar-refractivity contribution in [1.29, 1.82) is 0 Å². The van der Waals surface area contributed by atoms with Gasteiger partial charge in [0.05, 0.1) is 24.5 Å². The van der Waals surface area contributed by atoms with E-state index in [1.54, 1.807) is 11.7 Å². The van der Waals surface area contributed by atoms with Crippen molar-refractivity contribution in [2.75, 3.05) is 25.5 Å². The average molecular weight is 449 g/mol. The molecule has 0 fully saturated rings. The van der Waals surface area contributed by atoms with E-state index >= 15 is 0 Å². The molecule has 0 bridgehead atoms. The molecule has 0 spiro atoms. The molecule has 0 aliphatic heterocycles. The van der Waals surface area contributed by atoms with Crippen molar-refractivity contribution in [1.82, 2.24) is 14.7 Å². The summed E-state index contributed by atoms with van der Waals surface area (Å²) in [7, 11) is 1.59. The number of aryl methyl sites for hydroxylation is 1. The minimum Gasteiger partial charge on any atom is -0.367 e. The Morgan fingerprint density at radius 3 is 2.39 bits per heavy atom. The van der Waals surface area contributed by atoms with Crippen LogP contribution in [0.1, 0.15) is 37.6 Å². The number of rotatable bonds is 8. The molecule has 33 heavy (non-hydrogen) atoms. The molecule has 1 heterocycles. The fourth-order valence-electron chi connectivity index (χ4n) is 3.25. The Hall–Kier alpha value is -3.45. The predicted octanol–water partition coefficient (Wildman–Crippen LogP) is 4.09.